The molecule has 6 nitrogen and oxygen atoms in total. The fourth-order valence-corrected chi connectivity index (χ4v) is 4.68. The number of amides is 1. The summed E-state index contributed by atoms with van der Waals surface area (Å²) in [5, 5.41) is 9.78. The summed E-state index contributed by atoms with van der Waals surface area (Å²) in [6, 6.07) is 11.9. The molecule has 0 aliphatic carbocycles. The SMILES string of the molecule is COc1cc([C@H]2S[C@@H](C)C(=O)Nc3n[nH]c(C)c32)ccc1OCc1ccc(F)cc1. The molecule has 1 aliphatic heterocycles. The first-order valence-corrected chi connectivity index (χ1v) is 10.5. The van der Waals surface area contributed by atoms with E-state index in [1.807, 2.05) is 32.0 Å². The number of aromatic nitrogens is 2. The fourth-order valence-electron chi connectivity index (χ4n) is 3.36. The van der Waals surface area contributed by atoms with Gasteiger partial charge in [0.2, 0.25) is 5.91 Å². The molecule has 1 amide bonds. The molecule has 0 radical (unpaired) electrons. The average Bonchev–Trinajstić information content (AvgIpc) is 3.04. The van der Waals surface area contributed by atoms with Gasteiger partial charge in [-0.2, -0.15) is 5.10 Å². The van der Waals surface area contributed by atoms with Gasteiger partial charge >= 0.3 is 0 Å². The van der Waals surface area contributed by atoms with Crippen molar-refractivity contribution in [2.45, 2.75) is 31.0 Å². The van der Waals surface area contributed by atoms with Crippen LogP contribution in [0, 0.1) is 12.7 Å². The zero-order valence-corrected chi connectivity index (χ0v) is 17.7. The number of halogens is 1. The van der Waals surface area contributed by atoms with Crippen molar-refractivity contribution in [3.63, 3.8) is 0 Å². The molecule has 0 saturated carbocycles. The minimum absolute atomic E-state index is 0.0681. The van der Waals surface area contributed by atoms with Gasteiger partial charge in [0.1, 0.15) is 12.4 Å². The zero-order chi connectivity index (χ0) is 21.3. The molecule has 0 unspecified atom stereocenters. The average molecular weight is 428 g/mol. The van der Waals surface area contributed by atoms with E-state index in [0.29, 0.717) is 23.9 Å². The van der Waals surface area contributed by atoms with Crippen LogP contribution in [0.3, 0.4) is 0 Å². The van der Waals surface area contributed by atoms with Crippen molar-refractivity contribution in [1.82, 2.24) is 10.2 Å². The van der Waals surface area contributed by atoms with Crippen LogP contribution in [0.15, 0.2) is 42.5 Å². The van der Waals surface area contributed by atoms with Gasteiger partial charge in [0, 0.05) is 11.3 Å². The van der Waals surface area contributed by atoms with Crippen molar-refractivity contribution in [2.75, 3.05) is 12.4 Å². The molecule has 1 aromatic heterocycles. The molecule has 2 aromatic carbocycles. The Labute approximate surface area is 178 Å². The number of ether oxygens (including phenoxy) is 2. The summed E-state index contributed by atoms with van der Waals surface area (Å²) in [5.74, 6) is 1.40. The molecule has 0 saturated heterocycles. The molecule has 8 heteroatoms. The van der Waals surface area contributed by atoms with Gasteiger partial charge in [-0.15, -0.1) is 11.8 Å². The van der Waals surface area contributed by atoms with E-state index in [9.17, 15) is 9.18 Å². The van der Waals surface area contributed by atoms with Gasteiger partial charge in [-0.1, -0.05) is 18.2 Å². The number of nitrogens with zero attached hydrogens (tertiary/aromatic N) is 1. The first kappa shape index (κ1) is 20.3. The lowest BCUT2D eigenvalue weighted by Gasteiger charge is -2.19. The minimum atomic E-state index is -0.280. The van der Waals surface area contributed by atoms with Crippen LogP contribution in [-0.2, 0) is 11.4 Å². The van der Waals surface area contributed by atoms with Gasteiger partial charge in [0.15, 0.2) is 17.3 Å². The molecular weight excluding hydrogens is 405 g/mol. The molecule has 2 N–H and O–H groups in total. The lowest BCUT2D eigenvalue weighted by Crippen LogP contribution is -2.21. The van der Waals surface area contributed by atoms with E-state index < -0.39 is 0 Å². The molecule has 0 bridgehead atoms. The summed E-state index contributed by atoms with van der Waals surface area (Å²) in [4.78, 5) is 12.3. The minimum Gasteiger partial charge on any atom is -0.493 e. The highest BCUT2D eigenvalue weighted by Crippen LogP contribution is 2.46. The third-order valence-corrected chi connectivity index (χ3v) is 6.41. The Morgan fingerprint density at radius 2 is 1.93 bits per heavy atom. The predicted octanol–water partition coefficient (Wildman–Crippen LogP) is 4.61. The maximum absolute atomic E-state index is 13.1. The van der Waals surface area contributed by atoms with Crippen LogP contribution in [0.2, 0.25) is 0 Å². The first-order valence-electron chi connectivity index (χ1n) is 9.52. The van der Waals surface area contributed by atoms with Crippen molar-refractivity contribution < 1.29 is 18.7 Å². The number of carbonyl (C=O) groups is 1. The number of rotatable bonds is 5. The van der Waals surface area contributed by atoms with Crippen molar-refractivity contribution in [1.29, 1.82) is 0 Å². The van der Waals surface area contributed by atoms with Gasteiger partial charge < -0.3 is 14.8 Å². The molecule has 2 heterocycles. The Morgan fingerprint density at radius 3 is 2.67 bits per heavy atom. The van der Waals surface area contributed by atoms with Gasteiger partial charge in [0.05, 0.1) is 17.6 Å². The Kier molecular flexibility index (Phi) is 5.67. The number of hydrogen-bond donors (Lipinski definition) is 2. The number of thioether (sulfide) groups is 1. The number of anilines is 1. The number of aryl methyl sites for hydroxylation is 1. The van der Waals surface area contributed by atoms with Crippen LogP contribution in [0.1, 0.15) is 34.6 Å². The molecular formula is C22H22FN3O3S. The second-order valence-electron chi connectivity index (χ2n) is 7.08. The summed E-state index contributed by atoms with van der Waals surface area (Å²) in [6.07, 6.45) is 0. The molecule has 2 atom stereocenters. The molecule has 156 valence electrons. The standard InChI is InChI=1S/C22H22FN3O3S/c1-12-19-20(30-13(2)22(27)24-21(19)26-25-12)15-6-9-17(18(10-15)28-3)29-11-14-4-7-16(23)8-5-14/h4-10,13,20H,11H2,1-3H3,(H2,24,25,26,27)/t13-,20+/m0/s1. The lowest BCUT2D eigenvalue weighted by atomic mass is 10.0. The number of nitrogens with one attached hydrogen (secondary N) is 2. The second kappa shape index (κ2) is 8.39. The summed E-state index contributed by atoms with van der Waals surface area (Å²) >= 11 is 1.56. The zero-order valence-electron chi connectivity index (χ0n) is 16.9. The number of H-pyrrole nitrogens is 1. The molecule has 3 aromatic rings. The largest absolute Gasteiger partial charge is 0.493 e. The number of methoxy groups -OCH3 is 1. The van der Waals surface area contributed by atoms with E-state index >= 15 is 0 Å². The summed E-state index contributed by atoms with van der Waals surface area (Å²) in [7, 11) is 1.59. The van der Waals surface area contributed by atoms with E-state index in [-0.39, 0.29) is 22.2 Å². The van der Waals surface area contributed by atoms with E-state index in [4.69, 9.17) is 9.47 Å². The Hall–Kier alpha value is -3.00. The topological polar surface area (TPSA) is 76.2 Å². The van der Waals surface area contributed by atoms with Gasteiger partial charge in [-0.05, 0) is 49.2 Å². The Morgan fingerprint density at radius 1 is 1.17 bits per heavy atom. The molecule has 1 aliphatic rings. The maximum Gasteiger partial charge on any atom is 0.238 e. The van der Waals surface area contributed by atoms with E-state index in [1.165, 1.54) is 12.1 Å². The normalized spacial score (nSPS) is 18.3. The molecule has 0 spiro atoms. The summed E-state index contributed by atoms with van der Waals surface area (Å²) < 4.78 is 24.5. The number of aromatic amines is 1. The molecule has 4 rings (SSSR count). The third-order valence-electron chi connectivity index (χ3n) is 5.01. The smallest absolute Gasteiger partial charge is 0.238 e. The predicted molar refractivity (Wildman–Crippen MR) is 115 cm³/mol. The van der Waals surface area contributed by atoms with Crippen molar-refractivity contribution in [3.8, 4) is 11.5 Å². The van der Waals surface area contributed by atoms with Gasteiger partial charge in [-0.3, -0.25) is 9.89 Å². The number of hydrogen-bond acceptors (Lipinski definition) is 5. The Bertz CT molecular complexity index is 1070. The number of fused-ring (bicyclic) bond motifs is 1. The quantitative estimate of drug-likeness (QED) is 0.622. The van der Waals surface area contributed by atoms with E-state index in [0.717, 1.165) is 22.4 Å². The van der Waals surface area contributed by atoms with Gasteiger partial charge in [0.25, 0.3) is 0 Å². The molecule has 30 heavy (non-hydrogen) atoms. The monoisotopic (exact) mass is 427 g/mol. The van der Waals surface area contributed by atoms with E-state index in [1.54, 1.807) is 31.0 Å². The number of benzene rings is 2. The lowest BCUT2D eigenvalue weighted by molar-refractivity contribution is -0.115. The van der Waals surface area contributed by atoms with Crippen molar-refractivity contribution in [3.05, 3.63) is 70.7 Å². The van der Waals surface area contributed by atoms with Crippen LogP contribution in [0.5, 0.6) is 11.5 Å². The van der Waals surface area contributed by atoms with Crippen LogP contribution < -0.4 is 14.8 Å². The summed E-state index contributed by atoms with van der Waals surface area (Å²) in [5.41, 5.74) is 3.71. The van der Waals surface area contributed by atoms with Gasteiger partial charge in [-0.25, -0.2) is 4.39 Å². The highest BCUT2D eigenvalue weighted by Gasteiger charge is 2.32. The fraction of sp³-hybridized carbons (Fsp3) is 0.273. The highest BCUT2D eigenvalue weighted by molar-refractivity contribution is 8.01. The summed E-state index contributed by atoms with van der Waals surface area (Å²) in [6.45, 7) is 4.13. The van der Waals surface area contributed by atoms with Crippen LogP contribution >= 0.6 is 11.8 Å². The van der Waals surface area contributed by atoms with Crippen molar-refractivity contribution >= 4 is 23.5 Å². The number of carbonyl (C=O) groups excluding carboxylic acids is 1. The highest BCUT2D eigenvalue weighted by atomic mass is 32.2. The van der Waals surface area contributed by atoms with Crippen LogP contribution in [0.4, 0.5) is 10.2 Å². The second-order valence-corrected chi connectivity index (χ2v) is 8.53. The van der Waals surface area contributed by atoms with Crippen LogP contribution in [-0.4, -0.2) is 28.5 Å². The van der Waals surface area contributed by atoms with Crippen molar-refractivity contribution in [2.24, 2.45) is 0 Å². The third kappa shape index (κ3) is 4.00. The maximum atomic E-state index is 13.1. The van der Waals surface area contributed by atoms with Crippen LogP contribution in [0.25, 0.3) is 0 Å². The molecule has 0 fully saturated rings. The first-order chi connectivity index (χ1) is 14.5. The van der Waals surface area contributed by atoms with E-state index in [2.05, 4.69) is 15.5 Å². The Balaban J connectivity index is 1.62.